The first-order valence-corrected chi connectivity index (χ1v) is 11.6. The van der Waals surface area contributed by atoms with Gasteiger partial charge in [-0.3, -0.25) is 14.2 Å². The van der Waals surface area contributed by atoms with E-state index in [9.17, 15) is 9.59 Å². The largest absolute Gasteiger partial charge is 0.355 e. The molecule has 0 spiro atoms. The molecule has 1 saturated carbocycles. The molecule has 1 fully saturated rings. The number of carbonyl (C=O) groups excluding carboxylic acids is 1. The second-order valence-corrected chi connectivity index (χ2v) is 8.88. The number of amides is 1. The van der Waals surface area contributed by atoms with E-state index in [4.69, 9.17) is 4.98 Å². The van der Waals surface area contributed by atoms with Crippen molar-refractivity contribution in [3.05, 3.63) is 64.4 Å². The number of thioether (sulfide) groups is 1. The molecule has 0 bridgehead atoms. The van der Waals surface area contributed by atoms with Gasteiger partial charge in [-0.2, -0.15) is 0 Å². The van der Waals surface area contributed by atoms with Crippen molar-refractivity contribution in [1.29, 1.82) is 0 Å². The first-order chi connectivity index (χ1) is 14.6. The van der Waals surface area contributed by atoms with E-state index in [1.165, 1.54) is 43.9 Å². The standard InChI is InChI=1S/C24H27N3O2S/c1-17-9-5-8-14-21(17)27-23(29)19-12-6-7-13-20(19)26-24(27)30-16-22(28)25-15-18-10-3-2-4-11-18/h5-9,12-14,18H,2-4,10-11,15-16H2,1H3,(H,25,28). The SMILES string of the molecule is Cc1ccccc1-n1c(SCC(=O)NCC2CCCCC2)nc2ccccc2c1=O. The van der Waals surface area contributed by atoms with E-state index in [2.05, 4.69) is 5.32 Å². The van der Waals surface area contributed by atoms with Gasteiger partial charge in [0.05, 0.1) is 22.3 Å². The van der Waals surface area contributed by atoms with Gasteiger partial charge in [0.2, 0.25) is 5.91 Å². The Kier molecular flexibility index (Phi) is 6.53. The average Bonchev–Trinajstić information content (AvgIpc) is 2.78. The molecule has 1 N–H and O–H groups in total. The molecule has 0 aliphatic heterocycles. The number of hydrogen-bond acceptors (Lipinski definition) is 4. The molecule has 0 saturated heterocycles. The molecule has 1 aliphatic rings. The van der Waals surface area contributed by atoms with E-state index in [1.54, 1.807) is 10.6 Å². The first-order valence-electron chi connectivity index (χ1n) is 10.6. The predicted molar refractivity (Wildman–Crippen MR) is 122 cm³/mol. The second-order valence-electron chi connectivity index (χ2n) is 7.94. The van der Waals surface area contributed by atoms with Gasteiger partial charge >= 0.3 is 0 Å². The minimum Gasteiger partial charge on any atom is -0.355 e. The molecule has 2 aromatic carbocycles. The lowest BCUT2D eigenvalue weighted by Gasteiger charge is -2.21. The van der Waals surface area contributed by atoms with Gasteiger partial charge in [0.25, 0.3) is 5.56 Å². The molecule has 1 aliphatic carbocycles. The Morgan fingerprint density at radius 3 is 2.63 bits per heavy atom. The van der Waals surface area contributed by atoms with Crippen molar-refractivity contribution in [2.75, 3.05) is 12.3 Å². The highest BCUT2D eigenvalue weighted by molar-refractivity contribution is 7.99. The summed E-state index contributed by atoms with van der Waals surface area (Å²) >= 11 is 1.31. The van der Waals surface area contributed by atoms with E-state index in [0.29, 0.717) is 22.0 Å². The average molecular weight is 422 g/mol. The normalized spacial score (nSPS) is 14.7. The Morgan fingerprint density at radius 2 is 1.83 bits per heavy atom. The molecule has 1 aromatic heterocycles. The third kappa shape index (κ3) is 4.59. The lowest BCUT2D eigenvalue weighted by atomic mass is 9.89. The molecule has 5 nitrogen and oxygen atoms in total. The van der Waals surface area contributed by atoms with Crippen LogP contribution in [0.2, 0.25) is 0 Å². The maximum Gasteiger partial charge on any atom is 0.266 e. The van der Waals surface area contributed by atoms with Crippen LogP contribution in [0, 0.1) is 12.8 Å². The molecular weight excluding hydrogens is 394 g/mol. The van der Waals surface area contributed by atoms with E-state index in [-0.39, 0.29) is 17.2 Å². The quantitative estimate of drug-likeness (QED) is 0.471. The van der Waals surface area contributed by atoms with Crippen LogP contribution in [0.5, 0.6) is 0 Å². The van der Waals surface area contributed by atoms with Crippen LogP contribution in [-0.4, -0.2) is 27.8 Å². The van der Waals surface area contributed by atoms with Crippen molar-refractivity contribution in [3.63, 3.8) is 0 Å². The Labute approximate surface area is 180 Å². The van der Waals surface area contributed by atoms with Gasteiger partial charge in [0.1, 0.15) is 0 Å². The third-order valence-electron chi connectivity index (χ3n) is 5.75. The molecule has 3 aromatic rings. The highest BCUT2D eigenvalue weighted by atomic mass is 32.2. The fourth-order valence-electron chi connectivity index (χ4n) is 4.07. The molecule has 156 valence electrons. The molecule has 6 heteroatoms. The van der Waals surface area contributed by atoms with Gasteiger partial charge in [0.15, 0.2) is 5.16 Å². The number of aryl methyl sites for hydroxylation is 1. The molecule has 4 rings (SSSR count). The summed E-state index contributed by atoms with van der Waals surface area (Å²) < 4.78 is 1.64. The zero-order chi connectivity index (χ0) is 20.9. The fourth-order valence-corrected chi connectivity index (χ4v) is 4.90. The summed E-state index contributed by atoms with van der Waals surface area (Å²) in [7, 11) is 0. The third-order valence-corrected chi connectivity index (χ3v) is 6.68. The van der Waals surface area contributed by atoms with Crippen molar-refractivity contribution in [2.24, 2.45) is 5.92 Å². The number of hydrogen-bond donors (Lipinski definition) is 1. The maximum absolute atomic E-state index is 13.3. The minimum atomic E-state index is -0.111. The van der Waals surface area contributed by atoms with Gasteiger partial charge in [-0.15, -0.1) is 0 Å². The summed E-state index contributed by atoms with van der Waals surface area (Å²) in [6, 6.07) is 15.1. The van der Waals surface area contributed by atoms with Crippen molar-refractivity contribution in [2.45, 2.75) is 44.2 Å². The summed E-state index contributed by atoms with van der Waals surface area (Å²) in [6.07, 6.45) is 6.24. The second kappa shape index (κ2) is 9.47. The highest BCUT2D eigenvalue weighted by Crippen LogP contribution is 2.24. The fraction of sp³-hybridized carbons (Fsp3) is 0.375. The van der Waals surface area contributed by atoms with E-state index in [1.807, 2.05) is 49.4 Å². The summed E-state index contributed by atoms with van der Waals surface area (Å²) in [5.74, 6) is 0.824. The number of fused-ring (bicyclic) bond motifs is 1. The summed E-state index contributed by atoms with van der Waals surface area (Å²) in [5.41, 5.74) is 2.32. The number of rotatable bonds is 6. The Bertz CT molecular complexity index is 1100. The lowest BCUT2D eigenvalue weighted by molar-refractivity contribution is -0.118. The highest BCUT2D eigenvalue weighted by Gasteiger charge is 2.17. The summed E-state index contributed by atoms with van der Waals surface area (Å²) in [5, 5.41) is 4.19. The summed E-state index contributed by atoms with van der Waals surface area (Å²) in [4.78, 5) is 30.5. The van der Waals surface area contributed by atoms with Crippen molar-refractivity contribution in [3.8, 4) is 5.69 Å². The summed E-state index contributed by atoms with van der Waals surface area (Å²) in [6.45, 7) is 2.72. The van der Waals surface area contributed by atoms with Crippen LogP contribution in [0.1, 0.15) is 37.7 Å². The molecular formula is C24H27N3O2S. The smallest absolute Gasteiger partial charge is 0.266 e. The number of nitrogens with zero attached hydrogens (tertiary/aromatic N) is 2. The molecule has 30 heavy (non-hydrogen) atoms. The van der Waals surface area contributed by atoms with E-state index in [0.717, 1.165) is 17.8 Å². The van der Waals surface area contributed by atoms with Crippen LogP contribution in [0.25, 0.3) is 16.6 Å². The van der Waals surface area contributed by atoms with Gasteiger partial charge in [-0.25, -0.2) is 4.98 Å². The Morgan fingerprint density at radius 1 is 1.10 bits per heavy atom. The van der Waals surface area contributed by atoms with Gasteiger partial charge in [-0.1, -0.05) is 61.4 Å². The van der Waals surface area contributed by atoms with Gasteiger partial charge in [-0.05, 0) is 49.4 Å². The van der Waals surface area contributed by atoms with Gasteiger partial charge < -0.3 is 5.32 Å². The van der Waals surface area contributed by atoms with Crippen LogP contribution in [-0.2, 0) is 4.79 Å². The molecule has 0 radical (unpaired) electrons. The zero-order valence-electron chi connectivity index (χ0n) is 17.3. The Hall–Kier alpha value is -2.60. The molecule has 0 atom stereocenters. The van der Waals surface area contributed by atoms with Gasteiger partial charge in [0, 0.05) is 6.54 Å². The topological polar surface area (TPSA) is 64.0 Å². The number of para-hydroxylation sites is 2. The minimum absolute atomic E-state index is 0.00989. The first kappa shape index (κ1) is 20.7. The predicted octanol–water partition coefficient (Wildman–Crippen LogP) is 4.48. The van der Waals surface area contributed by atoms with Crippen LogP contribution in [0.4, 0.5) is 0 Å². The maximum atomic E-state index is 13.3. The van der Waals surface area contributed by atoms with Crippen molar-refractivity contribution < 1.29 is 4.79 Å². The van der Waals surface area contributed by atoms with E-state index >= 15 is 0 Å². The number of carbonyl (C=O) groups is 1. The molecule has 0 unspecified atom stereocenters. The van der Waals surface area contributed by atoms with E-state index < -0.39 is 0 Å². The zero-order valence-corrected chi connectivity index (χ0v) is 18.1. The van der Waals surface area contributed by atoms with Crippen molar-refractivity contribution in [1.82, 2.24) is 14.9 Å². The van der Waals surface area contributed by atoms with Crippen LogP contribution >= 0.6 is 11.8 Å². The molecule has 1 amide bonds. The Balaban J connectivity index is 1.58. The lowest BCUT2D eigenvalue weighted by Crippen LogP contribution is -2.31. The van der Waals surface area contributed by atoms with Crippen molar-refractivity contribution >= 4 is 28.6 Å². The van der Waals surface area contributed by atoms with Crippen LogP contribution in [0.3, 0.4) is 0 Å². The van der Waals surface area contributed by atoms with Crippen LogP contribution in [0.15, 0.2) is 58.5 Å². The number of nitrogens with one attached hydrogen (secondary N) is 1. The van der Waals surface area contributed by atoms with Crippen LogP contribution < -0.4 is 10.9 Å². The number of benzene rings is 2. The molecule has 1 heterocycles. The monoisotopic (exact) mass is 421 g/mol. The number of aromatic nitrogens is 2.